The molecule has 0 fully saturated rings. The summed E-state index contributed by atoms with van der Waals surface area (Å²) in [4.78, 5) is 11.6. The van der Waals surface area contributed by atoms with Gasteiger partial charge >= 0.3 is 0 Å². The molecule has 14 heavy (non-hydrogen) atoms. The van der Waals surface area contributed by atoms with Gasteiger partial charge in [0.15, 0.2) is 0 Å². The fourth-order valence-corrected chi connectivity index (χ4v) is 1.79. The standard InChI is InChI=1S/C11H14N2O/c1-12-10-7-6-8-4-2-3-5-9(8)13-11(10)14/h2-5,10,12H,6-7H2,1H3,(H,13,14)/t10-/m0/s1. The number of para-hydroxylation sites is 1. The van der Waals surface area contributed by atoms with Crippen molar-refractivity contribution in [2.45, 2.75) is 18.9 Å². The van der Waals surface area contributed by atoms with E-state index in [9.17, 15) is 4.79 Å². The number of amides is 1. The molecule has 0 spiro atoms. The molecule has 3 heteroatoms. The molecule has 1 heterocycles. The van der Waals surface area contributed by atoms with Crippen molar-refractivity contribution in [2.24, 2.45) is 0 Å². The van der Waals surface area contributed by atoms with Gasteiger partial charge in [0.25, 0.3) is 0 Å². The van der Waals surface area contributed by atoms with Gasteiger partial charge < -0.3 is 10.6 Å². The molecule has 1 aromatic rings. The average molecular weight is 190 g/mol. The molecule has 0 saturated carbocycles. The lowest BCUT2D eigenvalue weighted by Gasteiger charge is -2.10. The van der Waals surface area contributed by atoms with E-state index in [1.54, 1.807) is 0 Å². The smallest absolute Gasteiger partial charge is 0.241 e. The van der Waals surface area contributed by atoms with E-state index in [1.807, 2.05) is 25.2 Å². The number of benzene rings is 1. The Balaban J connectivity index is 2.28. The summed E-state index contributed by atoms with van der Waals surface area (Å²) in [5.41, 5.74) is 2.17. The Bertz CT molecular complexity index is 349. The first-order chi connectivity index (χ1) is 6.81. The lowest BCUT2D eigenvalue weighted by Crippen LogP contribution is -2.37. The van der Waals surface area contributed by atoms with Crippen LogP contribution in [0, 0.1) is 0 Å². The lowest BCUT2D eigenvalue weighted by molar-refractivity contribution is -0.118. The highest BCUT2D eigenvalue weighted by atomic mass is 16.2. The van der Waals surface area contributed by atoms with Gasteiger partial charge in [0.1, 0.15) is 0 Å². The molecule has 0 aromatic heterocycles. The van der Waals surface area contributed by atoms with Gasteiger partial charge in [-0.1, -0.05) is 18.2 Å². The topological polar surface area (TPSA) is 41.1 Å². The van der Waals surface area contributed by atoms with Crippen molar-refractivity contribution in [2.75, 3.05) is 12.4 Å². The number of carbonyl (C=O) groups excluding carboxylic acids is 1. The Hall–Kier alpha value is -1.35. The molecular weight excluding hydrogens is 176 g/mol. The minimum Gasteiger partial charge on any atom is -0.324 e. The molecule has 1 aliphatic heterocycles. The molecule has 1 atom stereocenters. The third kappa shape index (κ3) is 1.63. The molecule has 0 unspecified atom stereocenters. The third-order valence-electron chi connectivity index (χ3n) is 2.64. The summed E-state index contributed by atoms with van der Waals surface area (Å²) in [7, 11) is 1.82. The zero-order valence-corrected chi connectivity index (χ0v) is 8.21. The van der Waals surface area contributed by atoms with Crippen LogP contribution in [0.4, 0.5) is 5.69 Å². The molecule has 0 bridgehead atoms. The highest BCUT2D eigenvalue weighted by Gasteiger charge is 2.21. The van der Waals surface area contributed by atoms with Crippen LogP contribution in [0.2, 0.25) is 0 Å². The summed E-state index contributed by atoms with van der Waals surface area (Å²) in [5.74, 6) is 0.0671. The van der Waals surface area contributed by atoms with Crippen LogP contribution in [0.1, 0.15) is 12.0 Å². The van der Waals surface area contributed by atoms with E-state index < -0.39 is 0 Å². The number of hydrogen-bond donors (Lipinski definition) is 2. The zero-order chi connectivity index (χ0) is 9.97. The van der Waals surface area contributed by atoms with Gasteiger partial charge in [-0.25, -0.2) is 0 Å². The maximum Gasteiger partial charge on any atom is 0.241 e. The van der Waals surface area contributed by atoms with Crippen molar-refractivity contribution in [1.29, 1.82) is 0 Å². The first-order valence-electron chi connectivity index (χ1n) is 4.87. The van der Waals surface area contributed by atoms with E-state index in [1.165, 1.54) is 5.56 Å². The van der Waals surface area contributed by atoms with E-state index in [2.05, 4.69) is 16.7 Å². The second-order valence-corrected chi connectivity index (χ2v) is 3.53. The quantitative estimate of drug-likeness (QED) is 0.697. The van der Waals surface area contributed by atoms with Crippen molar-refractivity contribution >= 4 is 11.6 Å². The normalized spacial score (nSPS) is 20.9. The third-order valence-corrected chi connectivity index (χ3v) is 2.64. The van der Waals surface area contributed by atoms with E-state index >= 15 is 0 Å². The predicted octanol–water partition coefficient (Wildman–Crippen LogP) is 1.16. The number of carbonyl (C=O) groups is 1. The minimum absolute atomic E-state index is 0.0671. The summed E-state index contributed by atoms with van der Waals surface area (Å²) in [6.07, 6.45) is 1.81. The van der Waals surface area contributed by atoms with Crippen molar-refractivity contribution in [3.63, 3.8) is 0 Å². The Kier molecular flexibility index (Phi) is 2.50. The predicted molar refractivity (Wildman–Crippen MR) is 56.2 cm³/mol. The van der Waals surface area contributed by atoms with Gasteiger partial charge in [0, 0.05) is 5.69 Å². The maximum absolute atomic E-state index is 11.6. The van der Waals surface area contributed by atoms with E-state index in [-0.39, 0.29) is 11.9 Å². The lowest BCUT2D eigenvalue weighted by atomic mass is 10.1. The summed E-state index contributed by atoms with van der Waals surface area (Å²) in [6, 6.07) is 7.89. The molecule has 2 N–H and O–H groups in total. The first kappa shape index (κ1) is 9.21. The number of fused-ring (bicyclic) bond motifs is 1. The average Bonchev–Trinajstić information content (AvgIpc) is 2.36. The second-order valence-electron chi connectivity index (χ2n) is 3.53. The first-order valence-corrected chi connectivity index (χ1v) is 4.87. The van der Waals surface area contributed by atoms with E-state index in [4.69, 9.17) is 0 Å². The van der Waals surface area contributed by atoms with Crippen LogP contribution in [-0.2, 0) is 11.2 Å². The minimum atomic E-state index is -0.0672. The fraction of sp³-hybridized carbons (Fsp3) is 0.364. The van der Waals surface area contributed by atoms with Crippen LogP contribution < -0.4 is 10.6 Å². The zero-order valence-electron chi connectivity index (χ0n) is 8.21. The monoisotopic (exact) mass is 190 g/mol. The van der Waals surface area contributed by atoms with Crippen LogP contribution in [0.15, 0.2) is 24.3 Å². The van der Waals surface area contributed by atoms with Gasteiger partial charge in [-0.3, -0.25) is 4.79 Å². The molecule has 74 valence electrons. The number of nitrogens with one attached hydrogen (secondary N) is 2. The second kappa shape index (κ2) is 3.80. The van der Waals surface area contributed by atoms with Crippen LogP contribution >= 0.6 is 0 Å². The Morgan fingerprint density at radius 2 is 2.21 bits per heavy atom. The van der Waals surface area contributed by atoms with Crippen LogP contribution in [-0.4, -0.2) is 19.0 Å². The van der Waals surface area contributed by atoms with E-state index in [0.717, 1.165) is 18.5 Å². The van der Waals surface area contributed by atoms with Crippen LogP contribution in [0.3, 0.4) is 0 Å². The molecule has 1 aromatic carbocycles. The van der Waals surface area contributed by atoms with Gasteiger partial charge in [-0.05, 0) is 31.5 Å². The molecule has 0 aliphatic carbocycles. The van der Waals surface area contributed by atoms with Gasteiger partial charge in [-0.2, -0.15) is 0 Å². The van der Waals surface area contributed by atoms with Gasteiger partial charge in [-0.15, -0.1) is 0 Å². The number of likely N-dealkylation sites (N-methyl/N-ethyl adjacent to an activating group) is 1. The largest absolute Gasteiger partial charge is 0.324 e. The Morgan fingerprint density at radius 1 is 1.43 bits per heavy atom. The highest BCUT2D eigenvalue weighted by Crippen LogP contribution is 2.21. The summed E-state index contributed by atoms with van der Waals surface area (Å²) >= 11 is 0. The number of anilines is 1. The molecular formula is C11H14N2O. The van der Waals surface area contributed by atoms with Gasteiger partial charge in [0.2, 0.25) is 5.91 Å². The Morgan fingerprint density at radius 3 is 3.00 bits per heavy atom. The van der Waals surface area contributed by atoms with Crippen LogP contribution in [0.25, 0.3) is 0 Å². The molecule has 2 rings (SSSR count). The van der Waals surface area contributed by atoms with E-state index in [0.29, 0.717) is 0 Å². The number of hydrogen-bond acceptors (Lipinski definition) is 2. The SMILES string of the molecule is CN[C@H]1CCc2ccccc2NC1=O. The molecule has 0 saturated heterocycles. The van der Waals surface area contributed by atoms with Crippen molar-refractivity contribution in [3.8, 4) is 0 Å². The van der Waals surface area contributed by atoms with Gasteiger partial charge in [0.05, 0.1) is 6.04 Å². The number of aryl methyl sites for hydroxylation is 1. The van der Waals surface area contributed by atoms with Crippen LogP contribution in [0.5, 0.6) is 0 Å². The summed E-state index contributed by atoms with van der Waals surface area (Å²) < 4.78 is 0. The Labute approximate surface area is 83.5 Å². The van der Waals surface area contributed by atoms with Crippen molar-refractivity contribution in [1.82, 2.24) is 5.32 Å². The fourth-order valence-electron chi connectivity index (χ4n) is 1.79. The summed E-state index contributed by atoms with van der Waals surface area (Å²) in [5, 5.41) is 5.94. The van der Waals surface area contributed by atoms with Crippen molar-refractivity contribution < 1.29 is 4.79 Å². The number of rotatable bonds is 1. The molecule has 1 amide bonds. The molecule has 1 aliphatic rings. The molecule has 3 nitrogen and oxygen atoms in total. The molecule has 0 radical (unpaired) electrons. The highest BCUT2D eigenvalue weighted by molar-refractivity contribution is 5.96. The summed E-state index contributed by atoms with van der Waals surface area (Å²) in [6.45, 7) is 0. The maximum atomic E-state index is 11.6. The van der Waals surface area contributed by atoms with Crippen molar-refractivity contribution in [3.05, 3.63) is 29.8 Å².